The number of rotatable bonds is 8. The Morgan fingerprint density at radius 1 is 1.19 bits per heavy atom. The van der Waals surface area contributed by atoms with E-state index < -0.39 is 0 Å². The molecular formula is C24H36N4O2S. The molecule has 1 saturated carbocycles. The first-order valence-electron chi connectivity index (χ1n) is 11.3. The second-order valence-corrected chi connectivity index (χ2v) is 10.5. The van der Waals surface area contributed by atoms with Gasteiger partial charge in [-0.1, -0.05) is 76.1 Å². The molecule has 0 aliphatic heterocycles. The molecule has 1 aliphatic rings. The number of benzene rings is 1. The number of hydrogen-bond donors (Lipinski definition) is 1. The van der Waals surface area contributed by atoms with Crippen LogP contribution in [-0.4, -0.2) is 46.2 Å². The number of ether oxygens (including phenoxy) is 1. The maximum Gasteiger partial charge on any atom is 0.230 e. The normalized spacial score (nSPS) is 16.3. The van der Waals surface area contributed by atoms with Crippen LogP contribution in [-0.2, 0) is 14.9 Å². The van der Waals surface area contributed by atoms with E-state index in [0.717, 1.165) is 29.4 Å². The maximum absolute atomic E-state index is 12.4. The lowest BCUT2D eigenvalue weighted by atomic mass is 9.86. The van der Waals surface area contributed by atoms with Crippen LogP contribution in [0.15, 0.2) is 29.4 Å². The summed E-state index contributed by atoms with van der Waals surface area (Å²) in [6.45, 7) is 9.11. The number of amides is 1. The number of hydrogen-bond acceptors (Lipinski definition) is 5. The van der Waals surface area contributed by atoms with Crippen LogP contribution in [0.3, 0.4) is 0 Å². The van der Waals surface area contributed by atoms with Crippen molar-refractivity contribution in [2.45, 2.75) is 82.5 Å². The zero-order valence-electron chi connectivity index (χ0n) is 19.5. The van der Waals surface area contributed by atoms with Crippen molar-refractivity contribution < 1.29 is 9.53 Å². The fraction of sp³-hybridized carbons (Fsp3) is 0.625. The molecule has 1 N–H and O–H groups in total. The van der Waals surface area contributed by atoms with Gasteiger partial charge in [0.1, 0.15) is 0 Å². The third kappa shape index (κ3) is 6.32. The largest absolute Gasteiger partial charge is 0.383 e. The average Bonchev–Trinajstić information content (AvgIpc) is 3.16. The van der Waals surface area contributed by atoms with Crippen molar-refractivity contribution in [1.82, 2.24) is 20.1 Å². The van der Waals surface area contributed by atoms with Crippen LogP contribution in [0.2, 0.25) is 0 Å². The molecule has 0 bridgehead atoms. The highest BCUT2D eigenvalue weighted by molar-refractivity contribution is 7.99. The van der Waals surface area contributed by atoms with Gasteiger partial charge in [0.15, 0.2) is 11.0 Å². The van der Waals surface area contributed by atoms with E-state index >= 15 is 0 Å². The van der Waals surface area contributed by atoms with E-state index in [-0.39, 0.29) is 17.4 Å². The maximum atomic E-state index is 12.4. The van der Waals surface area contributed by atoms with E-state index in [1.54, 1.807) is 7.11 Å². The van der Waals surface area contributed by atoms with Crippen LogP contribution in [0.5, 0.6) is 0 Å². The SMILES string of the molecule is COC[C@H](C)NC(=O)CSc1nnc(-c2ccc(C(C)(C)C)cc2)n1C1CCCCC1. The lowest BCUT2D eigenvalue weighted by Crippen LogP contribution is -2.36. The van der Waals surface area contributed by atoms with Crippen LogP contribution < -0.4 is 5.32 Å². The Morgan fingerprint density at radius 2 is 1.87 bits per heavy atom. The first kappa shape index (κ1) is 23.8. The Labute approximate surface area is 190 Å². The van der Waals surface area contributed by atoms with E-state index in [0.29, 0.717) is 18.4 Å². The van der Waals surface area contributed by atoms with Crippen molar-refractivity contribution in [3.05, 3.63) is 29.8 Å². The van der Waals surface area contributed by atoms with Gasteiger partial charge >= 0.3 is 0 Å². The van der Waals surface area contributed by atoms with Crippen molar-refractivity contribution in [3.63, 3.8) is 0 Å². The van der Waals surface area contributed by atoms with Crippen molar-refractivity contribution in [3.8, 4) is 11.4 Å². The van der Waals surface area contributed by atoms with E-state index in [2.05, 4.69) is 65.1 Å². The minimum Gasteiger partial charge on any atom is -0.383 e. The zero-order chi connectivity index (χ0) is 22.4. The standard InChI is InChI=1S/C24H36N4O2S/c1-17(15-30-5)25-21(29)16-31-23-27-26-22(28(23)20-9-7-6-8-10-20)18-11-13-19(14-12-18)24(2,3)4/h11-14,17,20H,6-10,15-16H2,1-5H3,(H,25,29)/t17-/m0/s1. The van der Waals surface area contributed by atoms with E-state index in [1.807, 2.05) is 6.92 Å². The molecule has 1 amide bonds. The van der Waals surface area contributed by atoms with Gasteiger partial charge in [0.2, 0.25) is 5.91 Å². The van der Waals surface area contributed by atoms with Gasteiger partial charge in [-0.25, -0.2) is 0 Å². The van der Waals surface area contributed by atoms with Gasteiger partial charge < -0.3 is 10.1 Å². The van der Waals surface area contributed by atoms with E-state index in [9.17, 15) is 4.79 Å². The summed E-state index contributed by atoms with van der Waals surface area (Å²) < 4.78 is 7.38. The minimum absolute atomic E-state index is 0.00814. The lowest BCUT2D eigenvalue weighted by molar-refractivity contribution is -0.119. The van der Waals surface area contributed by atoms with Crippen molar-refractivity contribution in [2.75, 3.05) is 19.5 Å². The fourth-order valence-corrected chi connectivity index (χ4v) is 4.91. The lowest BCUT2D eigenvalue weighted by Gasteiger charge is -2.26. The number of nitrogens with zero attached hydrogens (tertiary/aromatic N) is 3. The molecule has 1 heterocycles. The summed E-state index contributed by atoms with van der Waals surface area (Å²) in [5.41, 5.74) is 2.50. The van der Waals surface area contributed by atoms with Gasteiger partial charge in [0.25, 0.3) is 0 Å². The monoisotopic (exact) mass is 444 g/mol. The van der Waals surface area contributed by atoms with Gasteiger partial charge in [-0.15, -0.1) is 10.2 Å². The molecule has 2 aromatic rings. The molecule has 1 aromatic carbocycles. The highest BCUT2D eigenvalue weighted by Gasteiger charge is 2.25. The molecule has 3 rings (SSSR count). The van der Waals surface area contributed by atoms with Gasteiger partial charge in [-0.05, 0) is 30.7 Å². The highest BCUT2D eigenvalue weighted by Crippen LogP contribution is 2.36. The molecule has 0 unspecified atom stereocenters. The van der Waals surface area contributed by atoms with E-state index in [4.69, 9.17) is 4.74 Å². The molecular weight excluding hydrogens is 408 g/mol. The van der Waals surface area contributed by atoms with Gasteiger partial charge in [-0.2, -0.15) is 0 Å². The fourth-order valence-electron chi connectivity index (χ4n) is 4.10. The molecule has 6 nitrogen and oxygen atoms in total. The number of carbonyl (C=O) groups is 1. The van der Waals surface area contributed by atoms with Crippen molar-refractivity contribution in [2.24, 2.45) is 0 Å². The molecule has 1 aliphatic carbocycles. The third-order valence-electron chi connectivity index (χ3n) is 5.77. The molecule has 0 radical (unpaired) electrons. The molecule has 0 spiro atoms. The second-order valence-electron chi connectivity index (χ2n) is 9.51. The smallest absolute Gasteiger partial charge is 0.230 e. The number of carbonyl (C=O) groups excluding carboxylic acids is 1. The number of thioether (sulfide) groups is 1. The average molecular weight is 445 g/mol. The summed E-state index contributed by atoms with van der Waals surface area (Å²) in [6.07, 6.45) is 6.01. The Bertz CT molecular complexity index is 851. The van der Waals surface area contributed by atoms with Crippen LogP contribution in [0.4, 0.5) is 0 Å². The number of methoxy groups -OCH3 is 1. The second kappa shape index (κ2) is 10.6. The minimum atomic E-state index is -0.0103. The quantitative estimate of drug-likeness (QED) is 0.581. The van der Waals surface area contributed by atoms with Crippen LogP contribution in [0.25, 0.3) is 11.4 Å². The predicted octanol–water partition coefficient (Wildman–Crippen LogP) is 4.99. The number of aromatic nitrogens is 3. The Morgan fingerprint density at radius 3 is 2.48 bits per heavy atom. The molecule has 0 saturated heterocycles. The molecule has 170 valence electrons. The van der Waals surface area contributed by atoms with Crippen LogP contribution in [0.1, 0.15) is 71.4 Å². The van der Waals surface area contributed by atoms with Crippen LogP contribution in [0, 0.1) is 0 Å². The summed E-state index contributed by atoms with van der Waals surface area (Å²) in [5, 5.41) is 12.9. The summed E-state index contributed by atoms with van der Waals surface area (Å²) in [4.78, 5) is 12.4. The Balaban J connectivity index is 1.82. The summed E-state index contributed by atoms with van der Waals surface area (Å²) in [6, 6.07) is 9.05. The highest BCUT2D eigenvalue weighted by atomic mass is 32.2. The molecule has 1 atom stereocenters. The van der Waals surface area contributed by atoms with Crippen LogP contribution >= 0.6 is 11.8 Å². The van der Waals surface area contributed by atoms with Gasteiger partial charge in [0.05, 0.1) is 12.4 Å². The number of nitrogens with one attached hydrogen (secondary N) is 1. The Hall–Kier alpha value is -1.86. The topological polar surface area (TPSA) is 69.0 Å². The molecule has 7 heteroatoms. The van der Waals surface area contributed by atoms with Gasteiger partial charge in [-0.3, -0.25) is 9.36 Å². The summed E-state index contributed by atoms with van der Waals surface area (Å²) in [5.74, 6) is 1.22. The summed E-state index contributed by atoms with van der Waals surface area (Å²) >= 11 is 1.47. The third-order valence-corrected chi connectivity index (χ3v) is 6.71. The Kier molecular flexibility index (Phi) is 8.17. The first-order valence-corrected chi connectivity index (χ1v) is 12.2. The predicted molar refractivity (Wildman–Crippen MR) is 126 cm³/mol. The summed E-state index contributed by atoms with van der Waals surface area (Å²) in [7, 11) is 1.64. The van der Waals surface area contributed by atoms with Crippen molar-refractivity contribution >= 4 is 17.7 Å². The zero-order valence-corrected chi connectivity index (χ0v) is 20.3. The van der Waals surface area contributed by atoms with E-state index in [1.165, 1.54) is 36.6 Å². The van der Waals surface area contributed by atoms with Gasteiger partial charge in [0, 0.05) is 24.8 Å². The molecule has 1 aromatic heterocycles. The molecule has 31 heavy (non-hydrogen) atoms. The molecule has 1 fully saturated rings. The first-order chi connectivity index (χ1) is 14.8. The van der Waals surface area contributed by atoms with Crippen molar-refractivity contribution in [1.29, 1.82) is 0 Å².